The average molecular weight is 396 g/mol. The van der Waals surface area contributed by atoms with Crippen molar-refractivity contribution in [2.75, 3.05) is 32.7 Å². The van der Waals surface area contributed by atoms with Gasteiger partial charge in [0.25, 0.3) is 0 Å². The van der Waals surface area contributed by atoms with Gasteiger partial charge in [-0.1, -0.05) is 18.2 Å². The lowest BCUT2D eigenvalue weighted by Gasteiger charge is -2.39. The van der Waals surface area contributed by atoms with Crippen molar-refractivity contribution in [1.29, 1.82) is 0 Å². The Morgan fingerprint density at radius 3 is 2.48 bits per heavy atom. The van der Waals surface area contributed by atoms with Gasteiger partial charge in [-0.05, 0) is 29.3 Å². The molecule has 0 spiro atoms. The topological polar surface area (TPSA) is 56.8 Å². The molecule has 1 aromatic heterocycles. The monoisotopic (exact) mass is 396 g/mol. The van der Waals surface area contributed by atoms with Crippen molar-refractivity contribution in [1.82, 2.24) is 19.7 Å². The quantitative estimate of drug-likeness (QED) is 0.797. The Labute approximate surface area is 169 Å². The number of aromatic nitrogens is 1. The predicted molar refractivity (Wildman–Crippen MR) is 106 cm³/mol. The molecule has 1 aromatic carbocycles. The second kappa shape index (κ2) is 8.29. The third-order valence-electron chi connectivity index (χ3n) is 5.77. The van der Waals surface area contributed by atoms with Crippen LogP contribution in [0.2, 0.25) is 0 Å². The number of hydrogen-bond acceptors (Lipinski definition) is 4. The van der Waals surface area contributed by atoms with E-state index in [0.29, 0.717) is 26.2 Å². The SMILES string of the molecule is CC(=O)N1Cc2cccnc2C(C(=O)N2CCN(Cc3ccc(F)cc3)CC2)C1. The molecule has 0 aliphatic carbocycles. The van der Waals surface area contributed by atoms with E-state index in [1.54, 1.807) is 23.2 Å². The van der Waals surface area contributed by atoms with Gasteiger partial charge in [-0.2, -0.15) is 0 Å². The van der Waals surface area contributed by atoms with Gasteiger partial charge in [0.1, 0.15) is 5.82 Å². The highest BCUT2D eigenvalue weighted by Crippen LogP contribution is 2.28. The van der Waals surface area contributed by atoms with Crippen molar-refractivity contribution in [2.24, 2.45) is 0 Å². The van der Waals surface area contributed by atoms with Crippen LogP contribution in [-0.2, 0) is 22.7 Å². The zero-order valence-corrected chi connectivity index (χ0v) is 16.6. The van der Waals surface area contributed by atoms with Gasteiger partial charge in [0.15, 0.2) is 0 Å². The molecule has 1 atom stereocenters. The minimum Gasteiger partial charge on any atom is -0.339 e. The smallest absolute Gasteiger partial charge is 0.233 e. The highest BCUT2D eigenvalue weighted by atomic mass is 19.1. The van der Waals surface area contributed by atoms with Gasteiger partial charge >= 0.3 is 0 Å². The van der Waals surface area contributed by atoms with E-state index >= 15 is 0 Å². The van der Waals surface area contributed by atoms with Gasteiger partial charge in [-0.3, -0.25) is 19.5 Å². The predicted octanol–water partition coefficient (Wildman–Crippen LogP) is 2.01. The lowest BCUT2D eigenvalue weighted by molar-refractivity contribution is -0.137. The standard InChI is InChI=1S/C22H25FN4O2/c1-16(28)27-14-18-3-2-8-24-21(18)20(15-27)22(29)26-11-9-25(10-12-26)13-17-4-6-19(23)7-5-17/h2-8,20H,9-15H2,1H3. The molecule has 2 aliphatic rings. The van der Waals surface area contributed by atoms with Crippen LogP contribution in [0.1, 0.15) is 29.7 Å². The maximum atomic E-state index is 13.3. The molecule has 0 radical (unpaired) electrons. The summed E-state index contributed by atoms with van der Waals surface area (Å²) in [4.78, 5) is 35.5. The fraction of sp³-hybridized carbons (Fsp3) is 0.409. The Morgan fingerprint density at radius 1 is 1.07 bits per heavy atom. The van der Waals surface area contributed by atoms with Crippen LogP contribution in [0.4, 0.5) is 4.39 Å². The van der Waals surface area contributed by atoms with Crippen LogP contribution in [0.25, 0.3) is 0 Å². The van der Waals surface area contributed by atoms with E-state index in [2.05, 4.69) is 9.88 Å². The van der Waals surface area contributed by atoms with Crippen molar-refractivity contribution < 1.29 is 14.0 Å². The molecule has 1 unspecified atom stereocenters. The third-order valence-corrected chi connectivity index (χ3v) is 5.77. The summed E-state index contributed by atoms with van der Waals surface area (Å²) in [5.74, 6) is -0.628. The third kappa shape index (κ3) is 4.29. The Bertz CT molecular complexity index is 894. The molecular formula is C22H25FN4O2. The lowest BCUT2D eigenvalue weighted by atomic mass is 9.93. The van der Waals surface area contributed by atoms with Crippen molar-refractivity contribution in [3.05, 3.63) is 65.2 Å². The Balaban J connectivity index is 1.41. The van der Waals surface area contributed by atoms with Crippen LogP contribution in [0.15, 0.2) is 42.6 Å². The van der Waals surface area contributed by atoms with Crippen LogP contribution in [0.3, 0.4) is 0 Å². The van der Waals surface area contributed by atoms with Crippen LogP contribution < -0.4 is 0 Å². The number of nitrogens with zero attached hydrogens (tertiary/aromatic N) is 4. The maximum absolute atomic E-state index is 13.3. The second-order valence-electron chi connectivity index (χ2n) is 7.73. The summed E-state index contributed by atoms with van der Waals surface area (Å²) >= 11 is 0. The van der Waals surface area contributed by atoms with Gasteiger partial charge in [0, 0.05) is 58.9 Å². The summed E-state index contributed by atoms with van der Waals surface area (Å²) in [5.41, 5.74) is 2.81. The van der Waals surface area contributed by atoms with Gasteiger partial charge in [-0.15, -0.1) is 0 Å². The highest BCUT2D eigenvalue weighted by Gasteiger charge is 2.36. The van der Waals surface area contributed by atoms with E-state index < -0.39 is 5.92 Å². The summed E-state index contributed by atoms with van der Waals surface area (Å²) < 4.78 is 13.1. The molecule has 3 heterocycles. The number of rotatable bonds is 3. The Kier molecular flexibility index (Phi) is 5.58. The van der Waals surface area contributed by atoms with E-state index in [1.165, 1.54) is 19.1 Å². The zero-order valence-electron chi connectivity index (χ0n) is 16.6. The van der Waals surface area contributed by atoms with Crippen LogP contribution in [-0.4, -0.2) is 64.2 Å². The number of carbonyl (C=O) groups excluding carboxylic acids is 2. The summed E-state index contributed by atoms with van der Waals surface area (Å²) in [6.45, 7) is 5.98. The fourth-order valence-electron chi connectivity index (χ4n) is 4.11. The summed E-state index contributed by atoms with van der Waals surface area (Å²) in [6.07, 6.45) is 1.71. The Morgan fingerprint density at radius 2 is 1.79 bits per heavy atom. The number of piperazine rings is 1. The average Bonchev–Trinajstić information content (AvgIpc) is 2.74. The van der Waals surface area contributed by atoms with Gasteiger partial charge < -0.3 is 9.80 Å². The molecule has 152 valence electrons. The summed E-state index contributed by atoms with van der Waals surface area (Å²) in [7, 11) is 0. The molecule has 0 saturated carbocycles. The molecule has 0 N–H and O–H groups in total. The van der Waals surface area contributed by atoms with E-state index in [-0.39, 0.29) is 17.6 Å². The molecule has 2 aromatic rings. The highest BCUT2D eigenvalue weighted by molar-refractivity contribution is 5.85. The molecule has 1 fully saturated rings. The molecule has 2 amide bonds. The van der Waals surface area contributed by atoms with E-state index in [4.69, 9.17) is 0 Å². The first-order chi connectivity index (χ1) is 14.0. The summed E-state index contributed by atoms with van der Waals surface area (Å²) in [6, 6.07) is 10.3. The van der Waals surface area contributed by atoms with E-state index in [1.807, 2.05) is 17.0 Å². The van der Waals surface area contributed by atoms with Crippen molar-refractivity contribution in [3.8, 4) is 0 Å². The zero-order chi connectivity index (χ0) is 20.4. The molecule has 0 bridgehead atoms. The molecular weight excluding hydrogens is 371 g/mol. The van der Waals surface area contributed by atoms with Gasteiger partial charge in [-0.25, -0.2) is 4.39 Å². The second-order valence-corrected chi connectivity index (χ2v) is 7.73. The minimum absolute atomic E-state index is 0.0265. The molecule has 6 nitrogen and oxygen atoms in total. The number of hydrogen-bond donors (Lipinski definition) is 0. The molecule has 29 heavy (non-hydrogen) atoms. The molecule has 7 heteroatoms. The number of halogens is 1. The van der Waals surface area contributed by atoms with Crippen molar-refractivity contribution >= 4 is 11.8 Å². The maximum Gasteiger partial charge on any atom is 0.233 e. The van der Waals surface area contributed by atoms with Crippen LogP contribution in [0, 0.1) is 5.82 Å². The van der Waals surface area contributed by atoms with E-state index in [0.717, 1.165) is 36.5 Å². The minimum atomic E-state index is -0.410. The lowest BCUT2D eigenvalue weighted by Crippen LogP contribution is -2.52. The number of benzene rings is 1. The number of amides is 2. The normalized spacial score (nSPS) is 19.7. The first-order valence-corrected chi connectivity index (χ1v) is 9.96. The molecule has 2 aliphatic heterocycles. The van der Waals surface area contributed by atoms with Crippen molar-refractivity contribution in [2.45, 2.75) is 25.9 Å². The Hall–Kier alpha value is -2.80. The van der Waals surface area contributed by atoms with Gasteiger partial charge in [0.05, 0.1) is 11.6 Å². The van der Waals surface area contributed by atoms with Crippen molar-refractivity contribution in [3.63, 3.8) is 0 Å². The largest absolute Gasteiger partial charge is 0.339 e. The summed E-state index contributed by atoms with van der Waals surface area (Å²) in [5, 5.41) is 0. The number of pyridine rings is 1. The fourth-order valence-corrected chi connectivity index (χ4v) is 4.11. The van der Waals surface area contributed by atoms with Gasteiger partial charge in [0.2, 0.25) is 11.8 Å². The molecule has 1 saturated heterocycles. The van der Waals surface area contributed by atoms with E-state index in [9.17, 15) is 14.0 Å². The molecule has 4 rings (SSSR count). The first-order valence-electron chi connectivity index (χ1n) is 9.96. The van der Waals surface area contributed by atoms with Crippen LogP contribution >= 0.6 is 0 Å². The van der Waals surface area contributed by atoms with Crippen LogP contribution in [0.5, 0.6) is 0 Å². The number of carbonyl (C=O) groups is 2. The first kappa shape index (κ1) is 19.5. The number of fused-ring (bicyclic) bond motifs is 1.